The van der Waals surface area contributed by atoms with Crippen LogP contribution in [0.15, 0.2) is 133 Å². The molecule has 1 radical (unpaired) electrons. The molecule has 2 aromatic heterocycles. The molecule has 0 aliphatic rings. The zero-order valence-electron chi connectivity index (χ0n) is 31.0. The minimum atomic E-state index is -0.330. The predicted octanol–water partition coefficient (Wildman–Crippen LogP) is 14.4. The second kappa shape index (κ2) is 12.2. The van der Waals surface area contributed by atoms with E-state index in [0.717, 1.165) is 60.3 Å². The van der Waals surface area contributed by atoms with Gasteiger partial charge >= 0.3 is 0 Å². The van der Waals surface area contributed by atoms with Crippen LogP contribution in [-0.2, 0) is 15.9 Å². The first-order valence-corrected chi connectivity index (χ1v) is 19.2. The molecule has 259 valence electrons. The maximum absolute atomic E-state index is 14.1. The smallest absolute Gasteiger partial charge is 0.186 e. The molecule has 9 aromatic rings. The van der Waals surface area contributed by atoms with Gasteiger partial charge in [0.1, 0.15) is 5.82 Å². The minimum absolute atomic E-state index is 0.133. The first-order valence-electron chi connectivity index (χ1n) is 18.3. The molecule has 0 aliphatic carbocycles. The second-order valence-corrected chi connectivity index (χ2v) is 17.3. The second-order valence-electron chi connectivity index (χ2n) is 16.3. The Bertz CT molecular complexity index is 2690. The van der Waals surface area contributed by atoms with Gasteiger partial charge in [-0.25, -0.2) is 4.98 Å². The van der Waals surface area contributed by atoms with Crippen molar-refractivity contribution in [3.05, 3.63) is 145 Å². The van der Waals surface area contributed by atoms with E-state index >= 15 is 0 Å². The highest BCUT2D eigenvalue weighted by Gasteiger charge is 2.30. The summed E-state index contributed by atoms with van der Waals surface area (Å²) in [6, 6.07) is 47.6. The predicted molar refractivity (Wildman–Crippen MR) is 225 cm³/mol. The molecule has 0 aliphatic heterocycles. The maximum Gasteiger partial charge on any atom is 0.186 e. The van der Waals surface area contributed by atoms with Crippen LogP contribution in [0.4, 0.5) is 0 Å². The molecule has 0 saturated carbocycles. The van der Waals surface area contributed by atoms with Gasteiger partial charge in [-0.05, 0) is 72.5 Å². The van der Waals surface area contributed by atoms with Crippen molar-refractivity contribution in [2.75, 3.05) is 0 Å². The number of nitrogens with one attached hydrogen (secondary N) is 1. The summed E-state index contributed by atoms with van der Waals surface area (Å²) in [5.41, 5.74) is 8.33. The summed E-state index contributed by atoms with van der Waals surface area (Å²) in [6.07, 6.45) is 0. The van der Waals surface area contributed by atoms with Crippen LogP contribution in [0, 0.1) is 0 Å². The van der Waals surface area contributed by atoms with Gasteiger partial charge in [-0.1, -0.05) is 157 Å². The van der Waals surface area contributed by atoms with Crippen LogP contribution >= 0.6 is 11.3 Å². The van der Waals surface area contributed by atoms with Gasteiger partial charge in [0.25, 0.3) is 0 Å². The van der Waals surface area contributed by atoms with E-state index in [1.807, 2.05) is 12.1 Å². The molecule has 7 aromatic carbocycles. The highest BCUT2D eigenvalue weighted by Crippen LogP contribution is 2.50. The van der Waals surface area contributed by atoms with Gasteiger partial charge in [0, 0.05) is 32.7 Å². The van der Waals surface area contributed by atoms with Gasteiger partial charge < -0.3 is 4.98 Å². The van der Waals surface area contributed by atoms with Crippen LogP contribution in [-0.4, -0.2) is 9.97 Å². The third-order valence-corrected chi connectivity index (χ3v) is 11.7. The van der Waals surface area contributed by atoms with Crippen molar-refractivity contribution in [3.8, 4) is 60.5 Å². The summed E-state index contributed by atoms with van der Waals surface area (Å²) in [6.45, 7) is 12.8. The van der Waals surface area contributed by atoms with Gasteiger partial charge in [-0.2, -0.15) is 0 Å². The van der Waals surface area contributed by atoms with E-state index in [2.05, 4.69) is 168 Å². The fourth-order valence-electron chi connectivity index (χ4n) is 7.86. The topological polar surface area (TPSA) is 48.6 Å². The van der Waals surface area contributed by atoms with Crippen molar-refractivity contribution >= 4 is 43.7 Å². The lowest BCUT2D eigenvalue weighted by Crippen LogP contribution is -2.17. The Balaban J connectivity index is 1.35. The number of rotatable bonds is 5. The molecule has 0 saturated heterocycles. The number of H-pyrrole nitrogens is 1. The van der Waals surface area contributed by atoms with Gasteiger partial charge in [-0.3, -0.25) is 5.11 Å². The molecular formula is C49H41N2OS. The fraction of sp³-hybridized carbons (Fsp3) is 0.163. The fourth-order valence-corrected chi connectivity index (χ4v) is 9.03. The molecule has 1 N–H and O–H groups in total. The summed E-state index contributed by atoms with van der Waals surface area (Å²) >= 11 is 1.76. The first-order chi connectivity index (χ1) is 25.5. The summed E-state index contributed by atoms with van der Waals surface area (Å²) < 4.78 is 0. The van der Waals surface area contributed by atoms with E-state index in [4.69, 9.17) is 4.98 Å². The van der Waals surface area contributed by atoms with Crippen molar-refractivity contribution < 1.29 is 5.11 Å². The Morgan fingerprint density at radius 3 is 1.74 bits per heavy atom. The quantitative estimate of drug-likeness (QED) is 0.178. The highest BCUT2D eigenvalue weighted by molar-refractivity contribution is 7.19. The molecule has 53 heavy (non-hydrogen) atoms. The van der Waals surface area contributed by atoms with Crippen LogP contribution in [0.2, 0.25) is 0 Å². The number of benzene rings is 7. The minimum Gasteiger partial charge on any atom is -0.337 e. The van der Waals surface area contributed by atoms with Crippen molar-refractivity contribution in [3.63, 3.8) is 0 Å². The number of aromatic amines is 1. The van der Waals surface area contributed by atoms with Gasteiger partial charge in [0.05, 0.1) is 16.3 Å². The Morgan fingerprint density at radius 1 is 0.547 bits per heavy atom. The Kier molecular flexibility index (Phi) is 7.62. The lowest BCUT2D eigenvalue weighted by atomic mass is 9.77. The molecule has 0 spiro atoms. The third kappa shape index (κ3) is 5.60. The summed E-state index contributed by atoms with van der Waals surface area (Å²) in [5, 5.41) is 21.7. The first kappa shape index (κ1) is 33.1. The maximum atomic E-state index is 14.1. The van der Waals surface area contributed by atoms with Gasteiger partial charge in [0.15, 0.2) is 5.75 Å². The zero-order chi connectivity index (χ0) is 36.6. The van der Waals surface area contributed by atoms with Crippen LogP contribution in [0.3, 0.4) is 0 Å². The summed E-state index contributed by atoms with van der Waals surface area (Å²) in [4.78, 5) is 11.4. The molecule has 0 fully saturated rings. The molecule has 0 atom stereocenters. The number of hydrogen-bond acceptors (Lipinski definition) is 2. The molecule has 0 bridgehead atoms. The van der Waals surface area contributed by atoms with Crippen LogP contribution in [0.25, 0.3) is 87.1 Å². The standard InChI is InChI=1S/C49H41N2OS/c1-48(2,3)38-26-34(27-39(45(38)52)49(4,5)6)37-28-40(35-24-22-31-21-20-29-18-13-19-30-23-25-36(35)42(31)41(29)30)53-46(37)47-50-43(32-14-9-7-10-15-32)44(51-47)33-16-11-8-12-17-33/h7-28H,1-6H3,(H,50,51). The van der Waals surface area contributed by atoms with Crippen LogP contribution in [0.5, 0.6) is 5.75 Å². The summed E-state index contributed by atoms with van der Waals surface area (Å²) in [5.74, 6) is 0.945. The van der Waals surface area contributed by atoms with Crippen molar-refractivity contribution in [1.82, 2.24) is 9.97 Å². The molecule has 0 unspecified atom stereocenters. The van der Waals surface area contributed by atoms with Crippen LogP contribution in [0.1, 0.15) is 52.7 Å². The largest absolute Gasteiger partial charge is 0.337 e. The molecular weight excluding hydrogens is 665 g/mol. The van der Waals surface area contributed by atoms with Crippen molar-refractivity contribution in [2.24, 2.45) is 0 Å². The van der Waals surface area contributed by atoms with E-state index in [-0.39, 0.29) is 16.6 Å². The number of thiophene rings is 1. The molecule has 0 amide bonds. The number of hydrogen-bond donors (Lipinski definition) is 1. The monoisotopic (exact) mass is 705 g/mol. The van der Waals surface area contributed by atoms with Crippen molar-refractivity contribution in [2.45, 2.75) is 52.4 Å². The van der Waals surface area contributed by atoms with E-state index < -0.39 is 0 Å². The number of aromatic nitrogens is 2. The van der Waals surface area contributed by atoms with E-state index in [1.165, 1.54) is 37.9 Å². The Hall–Kier alpha value is -5.71. The average Bonchev–Trinajstić information content (AvgIpc) is 3.79. The van der Waals surface area contributed by atoms with E-state index in [0.29, 0.717) is 0 Å². The van der Waals surface area contributed by atoms with E-state index in [9.17, 15) is 5.11 Å². The van der Waals surface area contributed by atoms with Crippen LogP contribution < -0.4 is 0 Å². The molecule has 4 heteroatoms. The highest BCUT2D eigenvalue weighted by atomic mass is 32.1. The van der Waals surface area contributed by atoms with Gasteiger partial charge in [-0.15, -0.1) is 11.3 Å². The number of nitrogens with zero attached hydrogens (tertiary/aromatic N) is 1. The average molecular weight is 706 g/mol. The third-order valence-electron chi connectivity index (χ3n) is 10.6. The Morgan fingerprint density at radius 2 is 1.11 bits per heavy atom. The normalized spacial score (nSPS) is 12.4. The SMILES string of the molecule is CC(C)(C)c1cc(-c2cc(-c3ccc4ccc5cccc6ccc3c4c56)sc2-c2nc(-c3ccccc3)c(-c3ccccc3)[nH]2)cc(C(C)(C)C)c1[O]. The van der Waals surface area contributed by atoms with E-state index in [1.54, 1.807) is 11.3 Å². The summed E-state index contributed by atoms with van der Waals surface area (Å²) in [7, 11) is 0. The zero-order valence-corrected chi connectivity index (χ0v) is 31.8. The molecule has 2 heterocycles. The van der Waals surface area contributed by atoms with Crippen molar-refractivity contribution in [1.29, 1.82) is 0 Å². The Labute approximate surface area is 315 Å². The number of imidazole rings is 1. The lowest BCUT2D eigenvalue weighted by molar-refractivity contribution is 0.327. The molecule has 3 nitrogen and oxygen atoms in total. The molecule has 9 rings (SSSR count). The lowest BCUT2D eigenvalue weighted by Gasteiger charge is -2.27. The van der Waals surface area contributed by atoms with Gasteiger partial charge in [0.2, 0.25) is 0 Å².